The van der Waals surface area contributed by atoms with E-state index in [9.17, 15) is 19.5 Å². The van der Waals surface area contributed by atoms with Gasteiger partial charge >= 0.3 is 12.1 Å². The Balaban J connectivity index is 1.12. The Morgan fingerprint density at radius 3 is 2.41 bits per heavy atom. The molecule has 174 valence electrons. The molecule has 0 bridgehead atoms. The van der Waals surface area contributed by atoms with Crippen molar-refractivity contribution in [2.24, 2.45) is 11.3 Å². The lowest BCUT2D eigenvalue weighted by molar-refractivity contribution is -0.149. The molecule has 2 amide bonds. The number of rotatable bonds is 4. The van der Waals surface area contributed by atoms with Crippen molar-refractivity contribution in [2.45, 2.75) is 25.2 Å². The van der Waals surface area contributed by atoms with Crippen molar-refractivity contribution in [2.75, 3.05) is 26.2 Å². The zero-order valence-corrected chi connectivity index (χ0v) is 18.8. The molecule has 2 N–H and O–H groups in total. The third kappa shape index (κ3) is 3.79. The molecule has 2 aromatic carbocycles. The Bertz CT molecular complexity index is 1170. The fourth-order valence-electron chi connectivity index (χ4n) is 5.76. The highest BCUT2D eigenvalue weighted by atomic mass is 16.5. The zero-order valence-electron chi connectivity index (χ0n) is 18.8. The van der Waals surface area contributed by atoms with Gasteiger partial charge in [-0.25, -0.2) is 4.79 Å². The van der Waals surface area contributed by atoms with Crippen molar-refractivity contribution in [3.05, 3.63) is 59.7 Å². The van der Waals surface area contributed by atoms with Gasteiger partial charge in [0.2, 0.25) is 0 Å². The van der Waals surface area contributed by atoms with E-state index in [1.807, 2.05) is 24.3 Å². The third-order valence-electron chi connectivity index (χ3n) is 7.44. The maximum absolute atomic E-state index is 12.4. The average molecular weight is 459 g/mol. The molecule has 2 atom stereocenters. The van der Waals surface area contributed by atoms with Crippen LogP contribution in [0.25, 0.3) is 11.1 Å². The minimum atomic E-state index is -0.824. The molecule has 2 aromatic rings. The van der Waals surface area contributed by atoms with Crippen molar-refractivity contribution in [1.82, 2.24) is 10.2 Å². The molecule has 3 aliphatic rings. The fraction of sp³-hybridized carbons (Fsp3) is 0.370. The lowest BCUT2D eigenvalue weighted by Gasteiger charge is -2.22. The van der Waals surface area contributed by atoms with Gasteiger partial charge in [-0.15, -0.1) is 0 Å². The van der Waals surface area contributed by atoms with Crippen LogP contribution in [0.15, 0.2) is 48.5 Å². The fourth-order valence-corrected chi connectivity index (χ4v) is 5.76. The number of hydrogen-bond donors (Lipinski definition) is 2. The van der Waals surface area contributed by atoms with Crippen LogP contribution < -0.4 is 5.32 Å². The molecule has 2 aliphatic carbocycles. The van der Waals surface area contributed by atoms with Crippen molar-refractivity contribution >= 4 is 18.0 Å². The summed E-state index contributed by atoms with van der Waals surface area (Å²) in [5.41, 5.74) is 3.77. The molecule has 2 unspecified atom stereocenters. The van der Waals surface area contributed by atoms with Crippen LogP contribution in [0, 0.1) is 23.2 Å². The number of ether oxygens (including phenoxy) is 1. The summed E-state index contributed by atoms with van der Waals surface area (Å²) in [5, 5.41) is 12.2. The van der Waals surface area contributed by atoms with Gasteiger partial charge in [0.05, 0.1) is 12.0 Å². The van der Waals surface area contributed by atoms with Gasteiger partial charge in [0.1, 0.15) is 6.61 Å². The number of likely N-dealkylation sites (tertiary alicyclic amines) is 1. The quantitative estimate of drug-likeness (QED) is 0.686. The highest BCUT2D eigenvalue weighted by Crippen LogP contribution is 2.49. The number of amides is 2. The molecule has 34 heavy (non-hydrogen) atoms. The van der Waals surface area contributed by atoms with Gasteiger partial charge in [-0.1, -0.05) is 60.9 Å². The van der Waals surface area contributed by atoms with Gasteiger partial charge < -0.3 is 20.1 Å². The molecule has 7 nitrogen and oxygen atoms in total. The smallest absolute Gasteiger partial charge is 0.407 e. The molecule has 0 aromatic heterocycles. The van der Waals surface area contributed by atoms with Crippen LogP contribution in [0.3, 0.4) is 0 Å². The average Bonchev–Trinajstić information content (AvgIpc) is 3.50. The Hall–Kier alpha value is -3.79. The molecule has 1 aliphatic heterocycles. The summed E-state index contributed by atoms with van der Waals surface area (Å²) < 4.78 is 5.46. The largest absolute Gasteiger partial charge is 0.481 e. The minimum absolute atomic E-state index is 0.00491. The molecule has 1 heterocycles. The summed E-state index contributed by atoms with van der Waals surface area (Å²) in [7, 11) is 0. The Labute approximate surface area is 198 Å². The maximum Gasteiger partial charge on any atom is 0.407 e. The number of aliphatic carboxylic acids is 1. The summed E-state index contributed by atoms with van der Waals surface area (Å²) in [5.74, 6) is 3.93. The first-order valence-electron chi connectivity index (χ1n) is 11.6. The summed E-state index contributed by atoms with van der Waals surface area (Å²) in [6.45, 7) is 0.822. The number of benzene rings is 2. The number of carboxylic acids is 1. The summed E-state index contributed by atoms with van der Waals surface area (Å²) in [6.07, 6.45) is 1.72. The molecule has 7 heteroatoms. The third-order valence-corrected chi connectivity index (χ3v) is 7.44. The van der Waals surface area contributed by atoms with E-state index in [1.165, 1.54) is 4.90 Å². The molecule has 1 saturated heterocycles. The summed E-state index contributed by atoms with van der Waals surface area (Å²) >= 11 is 0. The SMILES string of the molecule is O=C(NCC#CC(=O)N1CC2CCCC2(C(=O)O)C1)OCC1c2ccccc2-c2ccccc21. The summed E-state index contributed by atoms with van der Waals surface area (Å²) in [4.78, 5) is 37.9. The van der Waals surface area contributed by atoms with Gasteiger partial charge in [0.15, 0.2) is 0 Å². The first-order valence-corrected chi connectivity index (χ1v) is 11.6. The first kappa shape index (κ1) is 22.0. The van der Waals surface area contributed by atoms with E-state index in [0.717, 1.165) is 35.1 Å². The lowest BCUT2D eigenvalue weighted by atomic mass is 9.81. The predicted octanol–water partition coefficient (Wildman–Crippen LogP) is 3.24. The van der Waals surface area contributed by atoms with Gasteiger partial charge in [-0.3, -0.25) is 9.59 Å². The Morgan fingerprint density at radius 2 is 1.76 bits per heavy atom. The van der Waals surface area contributed by atoms with E-state index in [2.05, 4.69) is 41.4 Å². The van der Waals surface area contributed by atoms with Crippen molar-refractivity contribution in [3.8, 4) is 23.0 Å². The number of carboxylic acid groups (broad SMARTS) is 1. The second-order valence-electron chi connectivity index (χ2n) is 9.22. The van der Waals surface area contributed by atoms with E-state index < -0.39 is 23.4 Å². The number of nitrogens with zero attached hydrogens (tertiary/aromatic N) is 1. The van der Waals surface area contributed by atoms with Gasteiger partial charge in [0, 0.05) is 19.0 Å². The van der Waals surface area contributed by atoms with Gasteiger partial charge in [-0.05, 0) is 46.9 Å². The molecule has 0 spiro atoms. The van der Waals surface area contributed by atoms with Crippen LogP contribution in [-0.2, 0) is 14.3 Å². The monoisotopic (exact) mass is 458 g/mol. The number of hydrogen-bond acceptors (Lipinski definition) is 4. The van der Waals surface area contributed by atoms with E-state index >= 15 is 0 Å². The van der Waals surface area contributed by atoms with Crippen LogP contribution in [0.1, 0.15) is 36.3 Å². The highest BCUT2D eigenvalue weighted by molar-refractivity contribution is 5.94. The van der Waals surface area contributed by atoms with Crippen LogP contribution >= 0.6 is 0 Å². The van der Waals surface area contributed by atoms with Gasteiger partial charge in [0.25, 0.3) is 5.91 Å². The molecule has 5 rings (SSSR count). The second kappa shape index (κ2) is 8.86. The standard InChI is InChI=1S/C27H26N2O5/c30-24(29-15-18-7-5-13-27(18,17-29)25(31)32)12-6-14-28-26(33)34-16-23-21-10-3-1-8-19(21)20-9-2-4-11-22(20)23/h1-4,8-11,18,23H,5,7,13-17H2,(H,28,33)(H,31,32). The zero-order chi connectivity index (χ0) is 23.7. The maximum atomic E-state index is 12.4. The summed E-state index contributed by atoms with van der Waals surface area (Å²) in [6, 6.07) is 16.2. The molecular formula is C27H26N2O5. The van der Waals surface area contributed by atoms with Crippen molar-refractivity contribution in [3.63, 3.8) is 0 Å². The van der Waals surface area contributed by atoms with E-state index in [4.69, 9.17) is 4.74 Å². The number of nitrogens with one attached hydrogen (secondary N) is 1. The number of carbonyl (C=O) groups excluding carboxylic acids is 2. The topological polar surface area (TPSA) is 95.9 Å². The molecule has 1 saturated carbocycles. The van der Waals surface area contributed by atoms with Gasteiger partial charge in [-0.2, -0.15) is 0 Å². The minimum Gasteiger partial charge on any atom is -0.481 e. The number of alkyl carbamates (subject to hydrolysis) is 1. The van der Waals surface area contributed by atoms with E-state index in [1.54, 1.807) is 0 Å². The molecular weight excluding hydrogens is 432 g/mol. The normalized spacial score (nSPS) is 22.2. The molecule has 0 radical (unpaired) electrons. The highest BCUT2D eigenvalue weighted by Gasteiger charge is 2.55. The number of carbonyl (C=O) groups is 3. The number of fused-ring (bicyclic) bond motifs is 4. The van der Waals surface area contributed by atoms with Crippen LogP contribution in [-0.4, -0.2) is 54.2 Å². The van der Waals surface area contributed by atoms with Crippen LogP contribution in [0.5, 0.6) is 0 Å². The first-order chi connectivity index (χ1) is 16.5. The van der Waals surface area contributed by atoms with Crippen LogP contribution in [0.4, 0.5) is 4.79 Å². The van der Waals surface area contributed by atoms with Crippen LogP contribution in [0.2, 0.25) is 0 Å². The Morgan fingerprint density at radius 1 is 1.09 bits per heavy atom. The second-order valence-corrected chi connectivity index (χ2v) is 9.22. The molecule has 2 fully saturated rings. The van der Waals surface area contributed by atoms with E-state index in [-0.39, 0.29) is 31.5 Å². The van der Waals surface area contributed by atoms with E-state index in [0.29, 0.717) is 13.0 Å². The van der Waals surface area contributed by atoms with Crippen molar-refractivity contribution < 1.29 is 24.2 Å². The predicted molar refractivity (Wildman–Crippen MR) is 125 cm³/mol. The Kier molecular flexibility index (Phi) is 5.74. The van der Waals surface area contributed by atoms with Crippen molar-refractivity contribution in [1.29, 1.82) is 0 Å². The lowest BCUT2D eigenvalue weighted by Crippen LogP contribution is -2.37.